The van der Waals surface area contributed by atoms with Crippen LogP contribution in [-0.2, 0) is 4.79 Å². The molecule has 0 atom stereocenters. The molecule has 0 bridgehead atoms. The van der Waals surface area contributed by atoms with Gasteiger partial charge in [0.15, 0.2) is 0 Å². The molecule has 68 valence electrons. The Kier molecular flexibility index (Phi) is 14.0. The van der Waals surface area contributed by atoms with Crippen LogP contribution < -0.4 is 0 Å². The predicted octanol–water partition coefficient (Wildman–Crippen LogP) is -0.823. The fourth-order valence-electron chi connectivity index (χ4n) is 0.428. The Morgan fingerprint density at radius 3 is 1.58 bits per heavy atom. The summed E-state index contributed by atoms with van der Waals surface area (Å²) in [7, 11) is -1.58. The molecule has 0 saturated carbocycles. The van der Waals surface area contributed by atoms with Gasteiger partial charge in [-0.05, 0) is 12.1 Å². The third-order valence-electron chi connectivity index (χ3n) is 0.756. The molecule has 12 heavy (non-hydrogen) atoms. The number of benzene rings is 1. The minimum absolute atomic E-state index is 0.322. The third kappa shape index (κ3) is 11.6. The number of aromatic hydroxyl groups is 1. The molecule has 1 aromatic rings. The van der Waals surface area contributed by atoms with Crippen LogP contribution in [-0.4, -0.2) is 31.5 Å². The molecule has 0 spiro atoms. The number of hydrogen-bond donors (Lipinski definition) is 3. The summed E-state index contributed by atoms with van der Waals surface area (Å²) in [5.41, 5.74) is 0. The average molecular weight is 188 g/mol. The van der Waals surface area contributed by atoms with Crippen LogP contribution >= 0.6 is 0 Å². The lowest BCUT2D eigenvalue weighted by atomic mass is 10.3. The van der Waals surface area contributed by atoms with Gasteiger partial charge in [-0.15, -0.1) is 0 Å². The molecule has 1 aromatic carbocycles. The van der Waals surface area contributed by atoms with Crippen LogP contribution in [0.5, 0.6) is 5.75 Å². The van der Waals surface area contributed by atoms with Gasteiger partial charge < -0.3 is 19.5 Å². The first-order chi connectivity index (χ1) is 5.81. The van der Waals surface area contributed by atoms with E-state index in [9.17, 15) is 0 Å². The Bertz CT molecular complexity index is 168. The van der Waals surface area contributed by atoms with Crippen LogP contribution in [0.3, 0.4) is 0 Å². The summed E-state index contributed by atoms with van der Waals surface area (Å²) in [5.74, 6) is 0.322. The van der Waals surface area contributed by atoms with Crippen molar-refractivity contribution in [2.45, 2.75) is 0 Å². The van der Waals surface area contributed by atoms with Gasteiger partial charge >= 0.3 is 0 Å². The van der Waals surface area contributed by atoms with Crippen molar-refractivity contribution in [1.82, 2.24) is 0 Å². The molecule has 0 saturated heterocycles. The summed E-state index contributed by atoms with van der Waals surface area (Å²) in [5, 5.41) is 8.63. The monoisotopic (exact) mass is 188 g/mol. The fourth-order valence-corrected chi connectivity index (χ4v) is 0.428. The van der Waals surface area contributed by atoms with E-state index in [4.69, 9.17) is 19.5 Å². The van der Waals surface area contributed by atoms with Crippen molar-refractivity contribution in [2.24, 2.45) is 0 Å². The van der Waals surface area contributed by atoms with Crippen molar-refractivity contribution in [1.29, 1.82) is 0 Å². The maximum absolute atomic E-state index is 8.63. The van der Waals surface area contributed by atoms with E-state index in [2.05, 4.69) is 0 Å². The fraction of sp³-hybridized carbons (Fsp3) is 0. The standard InChI is InChI=1S/C6H6O.CH2O.H4O2Si/c7-6-4-2-1-3-5-6;1-2;1-3-2/h1-5,7H;1H2;1-2H,3H2. The molecule has 0 aliphatic carbocycles. The van der Waals surface area contributed by atoms with Crippen molar-refractivity contribution in [3.05, 3.63) is 30.3 Å². The number of hydrogen-bond acceptors (Lipinski definition) is 4. The first-order valence-corrected chi connectivity index (χ1v) is 4.32. The molecule has 0 radical (unpaired) electrons. The van der Waals surface area contributed by atoms with E-state index in [1.165, 1.54) is 0 Å². The number of carbonyl (C=O) groups is 1. The topological polar surface area (TPSA) is 77.8 Å². The number of phenolic OH excluding ortho intramolecular Hbond substituents is 1. The lowest BCUT2D eigenvalue weighted by Gasteiger charge is -1.82. The summed E-state index contributed by atoms with van der Waals surface area (Å²) in [6.45, 7) is 2.00. The van der Waals surface area contributed by atoms with Gasteiger partial charge in [-0.3, -0.25) is 0 Å². The Morgan fingerprint density at radius 2 is 1.42 bits per heavy atom. The predicted molar refractivity (Wildman–Crippen MR) is 48.2 cm³/mol. The SMILES string of the molecule is C=O.O[SiH2]O.Oc1ccccc1. The van der Waals surface area contributed by atoms with Gasteiger partial charge in [0, 0.05) is 0 Å². The number of carbonyl (C=O) groups excluding carboxylic acids is 1. The van der Waals surface area contributed by atoms with Crippen LogP contribution in [0.15, 0.2) is 30.3 Å². The third-order valence-corrected chi connectivity index (χ3v) is 0.756. The van der Waals surface area contributed by atoms with Gasteiger partial charge in [-0.2, -0.15) is 0 Å². The van der Waals surface area contributed by atoms with Gasteiger partial charge in [0.05, 0.1) is 0 Å². The molecule has 0 heterocycles. The molecule has 0 amide bonds. The lowest BCUT2D eigenvalue weighted by molar-refractivity contribution is -0.0979. The van der Waals surface area contributed by atoms with Crippen LogP contribution in [0.1, 0.15) is 0 Å². The number of para-hydroxylation sites is 1. The van der Waals surface area contributed by atoms with Gasteiger partial charge in [-0.1, -0.05) is 18.2 Å². The van der Waals surface area contributed by atoms with E-state index < -0.39 is 10.0 Å². The zero-order valence-electron chi connectivity index (χ0n) is 6.55. The molecular weight excluding hydrogens is 176 g/mol. The Morgan fingerprint density at radius 1 is 1.08 bits per heavy atom. The second-order valence-electron chi connectivity index (χ2n) is 1.48. The Hall–Kier alpha value is -1.17. The molecule has 0 aliphatic rings. The van der Waals surface area contributed by atoms with E-state index in [1.54, 1.807) is 24.3 Å². The highest BCUT2D eigenvalue weighted by atomic mass is 28.2. The van der Waals surface area contributed by atoms with Crippen LogP contribution in [0, 0.1) is 0 Å². The summed E-state index contributed by atoms with van der Waals surface area (Å²) >= 11 is 0. The minimum Gasteiger partial charge on any atom is -0.508 e. The molecule has 0 aliphatic heterocycles. The van der Waals surface area contributed by atoms with Crippen molar-refractivity contribution in [3.63, 3.8) is 0 Å². The smallest absolute Gasteiger partial charge is 0.299 e. The lowest BCUT2D eigenvalue weighted by Crippen LogP contribution is -1.75. The molecule has 1 rings (SSSR count). The van der Waals surface area contributed by atoms with Crippen molar-refractivity contribution >= 4 is 16.8 Å². The van der Waals surface area contributed by atoms with Gasteiger partial charge in [0.25, 0.3) is 10.0 Å². The van der Waals surface area contributed by atoms with Crippen LogP contribution in [0.2, 0.25) is 0 Å². The van der Waals surface area contributed by atoms with Crippen LogP contribution in [0.4, 0.5) is 0 Å². The maximum Gasteiger partial charge on any atom is 0.299 e. The van der Waals surface area contributed by atoms with E-state index in [1.807, 2.05) is 12.9 Å². The van der Waals surface area contributed by atoms with Gasteiger partial charge in [0.2, 0.25) is 0 Å². The highest BCUT2D eigenvalue weighted by Gasteiger charge is 1.74. The number of phenols is 1. The van der Waals surface area contributed by atoms with Gasteiger partial charge in [-0.25, -0.2) is 0 Å². The average Bonchev–Trinajstić information content (AvgIpc) is 2.11. The van der Waals surface area contributed by atoms with Crippen molar-refractivity contribution in [3.8, 4) is 5.75 Å². The minimum atomic E-state index is -1.58. The zero-order valence-corrected chi connectivity index (χ0v) is 7.97. The first kappa shape index (κ1) is 13.4. The summed E-state index contributed by atoms with van der Waals surface area (Å²) in [6, 6.07) is 8.71. The largest absolute Gasteiger partial charge is 0.508 e. The summed E-state index contributed by atoms with van der Waals surface area (Å²) < 4.78 is 0. The molecule has 0 aromatic heterocycles. The number of rotatable bonds is 0. The van der Waals surface area contributed by atoms with Crippen LogP contribution in [0.25, 0.3) is 0 Å². The molecule has 5 heteroatoms. The first-order valence-electron chi connectivity index (χ1n) is 3.06. The zero-order chi connectivity index (χ0) is 9.82. The van der Waals surface area contributed by atoms with E-state index in [-0.39, 0.29) is 0 Å². The van der Waals surface area contributed by atoms with Gasteiger partial charge in [0.1, 0.15) is 12.5 Å². The molecule has 4 nitrogen and oxygen atoms in total. The molecular formula is C7H12O4Si. The molecule has 0 fully saturated rings. The highest BCUT2D eigenvalue weighted by Crippen LogP contribution is 2.02. The highest BCUT2D eigenvalue weighted by molar-refractivity contribution is 6.13. The molecule has 3 N–H and O–H groups in total. The Balaban J connectivity index is 0. The normalized spacial score (nSPS) is 6.83. The second kappa shape index (κ2) is 12.5. The summed E-state index contributed by atoms with van der Waals surface area (Å²) in [4.78, 5) is 22.5. The quantitative estimate of drug-likeness (QED) is 0.465. The molecule has 0 unspecified atom stereocenters. The second-order valence-corrected chi connectivity index (χ2v) is 1.76. The summed E-state index contributed by atoms with van der Waals surface area (Å²) in [6.07, 6.45) is 0. The van der Waals surface area contributed by atoms with Crippen molar-refractivity contribution < 1.29 is 19.5 Å². The van der Waals surface area contributed by atoms with E-state index in [0.29, 0.717) is 5.75 Å². The maximum atomic E-state index is 8.63. The van der Waals surface area contributed by atoms with Crippen molar-refractivity contribution in [2.75, 3.05) is 0 Å². The van der Waals surface area contributed by atoms with E-state index in [0.717, 1.165) is 0 Å². The Labute approximate surface area is 73.2 Å². The van der Waals surface area contributed by atoms with E-state index >= 15 is 0 Å².